The minimum Gasteiger partial charge on any atom is -0.490 e. The number of hydrogen-bond acceptors (Lipinski definition) is 4. The molecule has 0 radical (unpaired) electrons. The molecule has 1 aromatic carbocycles. The fourth-order valence-electron chi connectivity index (χ4n) is 3.47. The molecule has 0 aromatic heterocycles. The number of nitrogens with zero attached hydrogens (tertiary/aromatic N) is 1. The number of guanidine groups is 1. The van der Waals surface area contributed by atoms with Crippen LogP contribution in [0, 0.1) is 5.41 Å². The molecule has 0 spiro atoms. The first-order valence-electron chi connectivity index (χ1n) is 10.2. The van der Waals surface area contributed by atoms with Gasteiger partial charge >= 0.3 is 6.61 Å². The van der Waals surface area contributed by atoms with Gasteiger partial charge in [-0.25, -0.2) is 4.99 Å². The molecule has 0 amide bonds. The summed E-state index contributed by atoms with van der Waals surface area (Å²) in [5.41, 5.74) is 0.789. The Hall–Kier alpha value is -1.36. The second kappa shape index (κ2) is 13.8. The van der Waals surface area contributed by atoms with Crippen LogP contribution in [0.1, 0.15) is 45.1 Å². The highest BCUT2D eigenvalue weighted by Gasteiger charge is 2.36. The van der Waals surface area contributed by atoms with E-state index in [9.17, 15) is 8.78 Å². The molecule has 0 atom stereocenters. The summed E-state index contributed by atoms with van der Waals surface area (Å²) in [6, 6.07) is 5.09. The Morgan fingerprint density at radius 2 is 2.00 bits per heavy atom. The van der Waals surface area contributed by atoms with Gasteiger partial charge in [-0.15, -0.1) is 24.0 Å². The van der Waals surface area contributed by atoms with E-state index in [-0.39, 0.29) is 41.7 Å². The number of nitrogens with one attached hydrogen (secondary N) is 2. The largest absolute Gasteiger partial charge is 0.490 e. The Balaban J connectivity index is 0.00000450. The molecule has 6 nitrogen and oxygen atoms in total. The predicted octanol–water partition coefficient (Wildman–Crippen LogP) is 4.57. The van der Waals surface area contributed by atoms with Crippen LogP contribution in [0.5, 0.6) is 11.5 Å². The summed E-state index contributed by atoms with van der Waals surface area (Å²) in [5, 5.41) is 6.62. The number of ether oxygens (including phenoxy) is 3. The van der Waals surface area contributed by atoms with E-state index in [0.29, 0.717) is 30.4 Å². The van der Waals surface area contributed by atoms with E-state index < -0.39 is 6.61 Å². The lowest BCUT2D eigenvalue weighted by molar-refractivity contribution is -0.0520. The molecule has 1 aromatic rings. The van der Waals surface area contributed by atoms with Gasteiger partial charge in [-0.1, -0.05) is 18.6 Å². The molecule has 0 bridgehead atoms. The molecule has 0 unspecified atom stereocenters. The molecule has 9 heteroatoms. The Labute approximate surface area is 195 Å². The van der Waals surface area contributed by atoms with Gasteiger partial charge in [0.1, 0.15) is 0 Å². The Morgan fingerprint density at radius 3 is 2.57 bits per heavy atom. The van der Waals surface area contributed by atoms with E-state index in [4.69, 9.17) is 14.2 Å². The standard InChI is InChI=1S/C21H33F2N3O3.HI/c1-4-24-20(26-15-21(10-7-11-21)12-13-27-3)25-14-16-8-6-9-17(28-5-2)18(16)29-19(22)23;/h6,8-9,19H,4-5,7,10-15H2,1-3H3,(H2,24,25,26);1H. The third kappa shape index (κ3) is 8.05. The molecule has 30 heavy (non-hydrogen) atoms. The maximum Gasteiger partial charge on any atom is 0.387 e. The van der Waals surface area contributed by atoms with Crippen LogP contribution in [-0.4, -0.2) is 46.0 Å². The Kier molecular flexibility index (Phi) is 12.3. The first kappa shape index (κ1) is 26.7. The smallest absolute Gasteiger partial charge is 0.387 e. The molecular formula is C21H34F2IN3O3. The Bertz CT molecular complexity index is 658. The van der Waals surface area contributed by atoms with Gasteiger partial charge in [0.05, 0.1) is 13.2 Å². The van der Waals surface area contributed by atoms with Crippen LogP contribution < -0.4 is 20.1 Å². The van der Waals surface area contributed by atoms with Gasteiger partial charge in [0.2, 0.25) is 0 Å². The lowest BCUT2D eigenvalue weighted by Gasteiger charge is -2.42. The van der Waals surface area contributed by atoms with Crippen molar-refractivity contribution in [1.82, 2.24) is 10.6 Å². The van der Waals surface area contributed by atoms with Gasteiger partial charge in [-0.2, -0.15) is 8.78 Å². The van der Waals surface area contributed by atoms with Gasteiger partial charge < -0.3 is 24.8 Å². The fourth-order valence-corrected chi connectivity index (χ4v) is 3.47. The van der Waals surface area contributed by atoms with E-state index in [1.165, 1.54) is 19.3 Å². The third-order valence-corrected chi connectivity index (χ3v) is 5.20. The van der Waals surface area contributed by atoms with E-state index in [2.05, 4.69) is 15.6 Å². The van der Waals surface area contributed by atoms with Crippen molar-refractivity contribution in [3.05, 3.63) is 23.8 Å². The first-order chi connectivity index (χ1) is 14.0. The van der Waals surface area contributed by atoms with Gasteiger partial charge in [0.25, 0.3) is 0 Å². The number of benzene rings is 1. The molecule has 1 fully saturated rings. The number of rotatable bonds is 12. The lowest BCUT2D eigenvalue weighted by Crippen LogP contribution is -2.47. The summed E-state index contributed by atoms with van der Waals surface area (Å²) in [7, 11) is 1.72. The van der Waals surface area contributed by atoms with Crippen molar-refractivity contribution >= 4 is 29.9 Å². The van der Waals surface area contributed by atoms with E-state index >= 15 is 0 Å². The molecule has 2 N–H and O–H groups in total. The van der Waals surface area contributed by atoms with Gasteiger partial charge in [-0.3, -0.25) is 0 Å². The van der Waals surface area contributed by atoms with Crippen LogP contribution in [0.15, 0.2) is 23.2 Å². The van der Waals surface area contributed by atoms with Crippen LogP contribution in [0.4, 0.5) is 8.78 Å². The van der Waals surface area contributed by atoms with E-state index in [0.717, 1.165) is 19.6 Å². The lowest BCUT2D eigenvalue weighted by atomic mass is 9.67. The number of aliphatic imine (C=N–C) groups is 1. The third-order valence-electron chi connectivity index (χ3n) is 5.20. The summed E-state index contributed by atoms with van der Waals surface area (Å²) in [6.45, 7) is 3.67. The number of halogens is 3. The maximum atomic E-state index is 12.9. The van der Waals surface area contributed by atoms with Gasteiger partial charge in [-0.05, 0) is 44.6 Å². The predicted molar refractivity (Wildman–Crippen MR) is 125 cm³/mol. The second-order valence-electron chi connectivity index (χ2n) is 7.20. The minimum absolute atomic E-state index is 0. The zero-order chi connectivity index (χ0) is 21.1. The number of alkyl halides is 2. The van der Waals surface area contributed by atoms with Crippen molar-refractivity contribution in [3.63, 3.8) is 0 Å². The van der Waals surface area contributed by atoms with Crippen LogP contribution in [-0.2, 0) is 11.3 Å². The Morgan fingerprint density at radius 1 is 1.23 bits per heavy atom. The van der Waals surface area contributed by atoms with Crippen molar-refractivity contribution in [2.24, 2.45) is 10.4 Å². The van der Waals surface area contributed by atoms with Crippen molar-refractivity contribution < 1.29 is 23.0 Å². The zero-order valence-electron chi connectivity index (χ0n) is 18.0. The molecule has 2 rings (SSSR count). The van der Waals surface area contributed by atoms with E-state index in [1.54, 1.807) is 32.2 Å². The second-order valence-corrected chi connectivity index (χ2v) is 7.20. The normalized spacial score (nSPS) is 15.2. The number of hydrogen-bond donors (Lipinski definition) is 2. The summed E-state index contributed by atoms with van der Waals surface area (Å²) in [5.74, 6) is 0.993. The minimum atomic E-state index is -2.93. The highest BCUT2D eigenvalue weighted by atomic mass is 127. The molecule has 0 saturated heterocycles. The van der Waals surface area contributed by atoms with Gasteiger partial charge in [0.15, 0.2) is 17.5 Å². The van der Waals surface area contributed by atoms with Crippen LogP contribution in [0.3, 0.4) is 0 Å². The number of para-hydroxylation sites is 1. The van der Waals surface area contributed by atoms with Crippen molar-refractivity contribution in [1.29, 1.82) is 0 Å². The average molecular weight is 541 g/mol. The summed E-state index contributed by atoms with van der Waals surface area (Å²) >= 11 is 0. The quantitative estimate of drug-likeness (QED) is 0.231. The first-order valence-corrected chi connectivity index (χ1v) is 10.2. The monoisotopic (exact) mass is 541 g/mol. The summed E-state index contributed by atoms with van der Waals surface area (Å²) in [4.78, 5) is 4.58. The van der Waals surface area contributed by atoms with Crippen molar-refractivity contribution in [2.45, 2.75) is 52.7 Å². The highest BCUT2D eigenvalue weighted by Crippen LogP contribution is 2.43. The molecule has 0 aliphatic heterocycles. The molecule has 0 heterocycles. The molecule has 1 aliphatic rings. The molecular weight excluding hydrogens is 507 g/mol. The highest BCUT2D eigenvalue weighted by molar-refractivity contribution is 14.0. The maximum absolute atomic E-state index is 12.9. The topological polar surface area (TPSA) is 64.1 Å². The van der Waals surface area contributed by atoms with Gasteiger partial charge in [0, 0.05) is 32.4 Å². The fraction of sp³-hybridized carbons (Fsp3) is 0.667. The summed E-state index contributed by atoms with van der Waals surface area (Å²) in [6.07, 6.45) is 4.59. The van der Waals surface area contributed by atoms with Crippen LogP contribution >= 0.6 is 24.0 Å². The molecule has 172 valence electrons. The van der Waals surface area contributed by atoms with Crippen LogP contribution in [0.25, 0.3) is 0 Å². The van der Waals surface area contributed by atoms with E-state index in [1.807, 2.05) is 6.92 Å². The SMILES string of the molecule is CCNC(=NCc1cccc(OCC)c1OC(F)F)NCC1(CCOC)CCC1.I. The van der Waals surface area contributed by atoms with Crippen molar-refractivity contribution in [2.75, 3.05) is 33.4 Å². The van der Waals surface area contributed by atoms with Crippen LogP contribution in [0.2, 0.25) is 0 Å². The van der Waals surface area contributed by atoms with Crippen molar-refractivity contribution in [3.8, 4) is 11.5 Å². The molecule has 1 saturated carbocycles. The molecule has 1 aliphatic carbocycles. The average Bonchev–Trinajstić information content (AvgIpc) is 2.66. The zero-order valence-corrected chi connectivity index (χ0v) is 20.3. The summed E-state index contributed by atoms with van der Waals surface area (Å²) < 4.78 is 41.2. The number of methoxy groups -OCH3 is 1.